The summed E-state index contributed by atoms with van der Waals surface area (Å²) in [5.74, 6) is 0.0863. The molecule has 1 aliphatic carbocycles. The lowest BCUT2D eigenvalue weighted by molar-refractivity contribution is -0.895. The average Bonchev–Trinajstić information content (AvgIpc) is 3.03. The number of carbonyl (C=O) groups excluding carboxylic acids is 1. The van der Waals surface area contributed by atoms with Crippen molar-refractivity contribution in [1.29, 1.82) is 0 Å². The highest BCUT2D eigenvalue weighted by Crippen LogP contribution is 2.28. The van der Waals surface area contributed by atoms with E-state index in [4.69, 9.17) is 11.6 Å². The first-order valence-corrected chi connectivity index (χ1v) is 11.5. The van der Waals surface area contributed by atoms with E-state index in [1.807, 2.05) is 0 Å². The minimum Gasteiger partial charge on any atom is -0.348 e. The van der Waals surface area contributed by atoms with Crippen LogP contribution in [0.4, 0.5) is 0 Å². The molecule has 2 aliphatic rings. The highest BCUT2D eigenvalue weighted by molar-refractivity contribution is 7.91. The first-order chi connectivity index (χ1) is 11.9. The zero-order chi connectivity index (χ0) is 17.9. The number of hydrogen-bond acceptors (Lipinski definition) is 4. The van der Waals surface area contributed by atoms with E-state index < -0.39 is 10.0 Å². The molecule has 0 unspecified atom stereocenters. The van der Waals surface area contributed by atoms with Crippen molar-refractivity contribution in [2.45, 2.75) is 42.4 Å². The summed E-state index contributed by atoms with van der Waals surface area (Å²) in [6.07, 6.45) is 5.82. The van der Waals surface area contributed by atoms with Crippen LogP contribution in [0.2, 0.25) is 4.34 Å². The minimum atomic E-state index is -3.46. The Balaban J connectivity index is 1.47. The van der Waals surface area contributed by atoms with Crippen molar-refractivity contribution in [1.82, 2.24) is 9.62 Å². The van der Waals surface area contributed by atoms with Crippen LogP contribution in [0.5, 0.6) is 0 Å². The predicted molar refractivity (Wildman–Crippen MR) is 98.7 cm³/mol. The maximum Gasteiger partial charge on any atom is 0.275 e. The average molecular weight is 407 g/mol. The third-order valence-electron chi connectivity index (χ3n) is 4.95. The Labute approximate surface area is 158 Å². The third-order valence-corrected chi connectivity index (χ3v) is 8.55. The number of quaternary nitrogens is 1. The molecule has 1 saturated carbocycles. The number of halogens is 1. The van der Waals surface area contributed by atoms with Gasteiger partial charge in [0.05, 0.1) is 30.5 Å². The number of amides is 1. The van der Waals surface area contributed by atoms with Gasteiger partial charge < -0.3 is 10.2 Å². The van der Waals surface area contributed by atoms with Gasteiger partial charge in [-0.25, -0.2) is 8.42 Å². The van der Waals surface area contributed by atoms with E-state index in [0.29, 0.717) is 43.1 Å². The van der Waals surface area contributed by atoms with Gasteiger partial charge in [-0.3, -0.25) is 4.79 Å². The molecule has 1 aromatic heterocycles. The summed E-state index contributed by atoms with van der Waals surface area (Å²) in [5.41, 5.74) is 0. The van der Waals surface area contributed by atoms with Crippen LogP contribution in [0.3, 0.4) is 0 Å². The van der Waals surface area contributed by atoms with Gasteiger partial charge in [-0.2, -0.15) is 4.31 Å². The van der Waals surface area contributed by atoms with Crippen LogP contribution >= 0.6 is 22.9 Å². The quantitative estimate of drug-likeness (QED) is 0.757. The monoisotopic (exact) mass is 406 g/mol. The smallest absolute Gasteiger partial charge is 0.275 e. The standard InChI is InChI=1S/C16H24ClN3O3S2/c17-14-6-7-16(24-14)25(22,23)20-10-8-19(9-11-20)12-15(21)18-13-4-2-1-3-5-13/h6-7,13H,1-5,8-12H2,(H,18,21)/p+1. The summed E-state index contributed by atoms with van der Waals surface area (Å²) < 4.78 is 27.4. The van der Waals surface area contributed by atoms with E-state index >= 15 is 0 Å². The maximum atomic E-state index is 12.6. The molecular weight excluding hydrogens is 382 g/mol. The van der Waals surface area contributed by atoms with E-state index in [0.717, 1.165) is 29.1 Å². The fraction of sp³-hybridized carbons (Fsp3) is 0.688. The van der Waals surface area contributed by atoms with Crippen molar-refractivity contribution in [3.8, 4) is 0 Å². The molecule has 2 heterocycles. The predicted octanol–water partition coefficient (Wildman–Crippen LogP) is 0.740. The second kappa shape index (κ2) is 8.35. The van der Waals surface area contributed by atoms with Crippen LogP contribution in [0.1, 0.15) is 32.1 Å². The van der Waals surface area contributed by atoms with Gasteiger partial charge in [-0.05, 0) is 25.0 Å². The number of piperazine rings is 1. The molecule has 0 spiro atoms. The lowest BCUT2D eigenvalue weighted by Crippen LogP contribution is -3.15. The number of nitrogens with zero attached hydrogens (tertiary/aromatic N) is 1. The Hall–Kier alpha value is -0.670. The van der Waals surface area contributed by atoms with Crippen LogP contribution in [0.15, 0.2) is 16.3 Å². The highest BCUT2D eigenvalue weighted by atomic mass is 35.5. The lowest BCUT2D eigenvalue weighted by atomic mass is 9.95. The molecule has 0 atom stereocenters. The molecule has 9 heteroatoms. The van der Waals surface area contributed by atoms with Crippen LogP contribution in [0, 0.1) is 0 Å². The van der Waals surface area contributed by atoms with Gasteiger partial charge in [0.15, 0.2) is 6.54 Å². The summed E-state index contributed by atoms with van der Waals surface area (Å²) in [4.78, 5) is 13.3. The fourth-order valence-electron chi connectivity index (χ4n) is 3.54. The van der Waals surface area contributed by atoms with Crippen molar-refractivity contribution < 1.29 is 18.1 Å². The molecule has 1 aliphatic heterocycles. The first-order valence-electron chi connectivity index (χ1n) is 8.83. The number of thiophene rings is 1. The highest BCUT2D eigenvalue weighted by Gasteiger charge is 2.32. The van der Waals surface area contributed by atoms with Crippen molar-refractivity contribution in [3.63, 3.8) is 0 Å². The number of rotatable bonds is 5. The molecule has 6 nitrogen and oxygen atoms in total. The van der Waals surface area contributed by atoms with E-state index in [9.17, 15) is 13.2 Å². The molecule has 1 aromatic rings. The van der Waals surface area contributed by atoms with Crippen LogP contribution < -0.4 is 10.2 Å². The Morgan fingerprint density at radius 2 is 1.92 bits per heavy atom. The number of sulfonamides is 1. The van der Waals surface area contributed by atoms with Crippen LogP contribution in [-0.4, -0.2) is 57.4 Å². The molecule has 1 amide bonds. The maximum absolute atomic E-state index is 12.6. The van der Waals surface area contributed by atoms with E-state index in [-0.39, 0.29) is 10.1 Å². The zero-order valence-electron chi connectivity index (χ0n) is 14.2. The normalized spacial score (nSPS) is 21.3. The Morgan fingerprint density at radius 1 is 1.24 bits per heavy atom. The summed E-state index contributed by atoms with van der Waals surface area (Å²) in [7, 11) is -3.46. The van der Waals surface area contributed by atoms with Crippen LogP contribution in [-0.2, 0) is 14.8 Å². The lowest BCUT2D eigenvalue weighted by Gasteiger charge is -2.31. The van der Waals surface area contributed by atoms with Crippen molar-refractivity contribution >= 4 is 38.9 Å². The molecule has 1 saturated heterocycles. The molecule has 0 aromatic carbocycles. The first kappa shape index (κ1) is 19.1. The molecule has 2 N–H and O–H groups in total. The van der Waals surface area contributed by atoms with Gasteiger partial charge in [-0.15, -0.1) is 11.3 Å². The Bertz CT molecular complexity index is 693. The van der Waals surface area contributed by atoms with Crippen molar-refractivity contribution in [2.24, 2.45) is 0 Å². The fourth-order valence-corrected chi connectivity index (χ4v) is 6.61. The van der Waals surface area contributed by atoms with Gasteiger partial charge in [0.2, 0.25) is 0 Å². The van der Waals surface area contributed by atoms with Crippen molar-refractivity contribution in [3.05, 3.63) is 16.5 Å². The number of nitrogens with one attached hydrogen (secondary N) is 2. The summed E-state index contributed by atoms with van der Waals surface area (Å²) >= 11 is 6.94. The summed E-state index contributed by atoms with van der Waals surface area (Å²) in [6.45, 7) is 2.59. The Morgan fingerprint density at radius 3 is 2.52 bits per heavy atom. The second-order valence-electron chi connectivity index (χ2n) is 6.79. The molecular formula is C16H25ClN3O3S2+. The van der Waals surface area contributed by atoms with Gasteiger partial charge in [0.1, 0.15) is 4.21 Å². The Kier molecular flexibility index (Phi) is 6.38. The van der Waals surface area contributed by atoms with Crippen molar-refractivity contribution in [2.75, 3.05) is 32.7 Å². The van der Waals surface area contributed by atoms with Gasteiger partial charge in [0, 0.05) is 6.04 Å². The molecule has 3 rings (SSSR count). The zero-order valence-corrected chi connectivity index (χ0v) is 16.6. The van der Waals surface area contributed by atoms with Gasteiger partial charge >= 0.3 is 0 Å². The van der Waals surface area contributed by atoms with E-state index in [2.05, 4.69) is 5.32 Å². The van der Waals surface area contributed by atoms with E-state index in [1.165, 1.54) is 23.6 Å². The van der Waals surface area contributed by atoms with Gasteiger partial charge in [-0.1, -0.05) is 30.9 Å². The SMILES string of the molecule is O=C(C[NH+]1CCN(S(=O)(=O)c2ccc(Cl)s2)CC1)NC1CCCCC1. The van der Waals surface area contributed by atoms with Gasteiger partial charge in [0.25, 0.3) is 15.9 Å². The number of hydrogen-bond donors (Lipinski definition) is 2. The largest absolute Gasteiger partial charge is 0.348 e. The van der Waals surface area contributed by atoms with Crippen LogP contribution in [0.25, 0.3) is 0 Å². The molecule has 0 radical (unpaired) electrons. The van der Waals surface area contributed by atoms with E-state index in [1.54, 1.807) is 12.1 Å². The summed E-state index contributed by atoms with van der Waals surface area (Å²) in [5, 5.41) is 3.13. The molecule has 25 heavy (non-hydrogen) atoms. The second-order valence-corrected chi connectivity index (χ2v) is 10.7. The molecule has 2 fully saturated rings. The third kappa shape index (κ3) is 4.95. The topological polar surface area (TPSA) is 70.9 Å². The number of carbonyl (C=O) groups is 1. The minimum absolute atomic E-state index is 0.0863. The molecule has 0 bridgehead atoms. The molecule has 140 valence electrons. The summed E-state index contributed by atoms with van der Waals surface area (Å²) in [6, 6.07) is 3.49.